The second-order valence-corrected chi connectivity index (χ2v) is 4.04. The predicted octanol–water partition coefficient (Wildman–Crippen LogP) is 2.85. The van der Waals surface area contributed by atoms with Gasteiger partial charge >= 0.3 is 0 Å². The van der Waals surface area contributed by atoms with Gasteiger partial charge in [-0.05, 0) is 24.6 Å². The molecule has 0 saturated carbocycles. The van der Waals surface area contributed by atoms with E-state index in [4.69, 9.17) is 26.8 Å². The number of halogens is 1. The number of hydrogen-bond acceptors (Lipinski definition) is 3. The van der Waals surface area contributed by atoms with Gasteiger partial charge in [-0.1, -0.05) is 24.2 Å². The average Bonchev–Trinajstić information content (AvgIpc) is 2.25. The maximum absolute atomic E-state index is 5.78. The Bertz CT molecular complexity index is 377. The molecule has 1 aromatic rings. The van der Waals surface area contributed by atoms with E-state index < -0.39 is 0 Å². The van der Waals surface area contributed by atoms with E-state index in [2.05, 4.69) is 6.58 Å². The first kappa shape index (κ1) is 12.9. The molecule has 0 aliphatic carbocycles. The molecular formula is C12H16ClNO2. The van der Waals surface area contributed by atoms with Crippen LogP contribution in [-0.2, 0) is 0 Å². The van der Waals surface area contributed by atoms with E-state index >= 15 is 0 Å². The van der Waals surface area contributed by atoms with Gasteiger partial charge in [-0.25, -0.2) is 0 Å². The van der Waals surface area contributed by atoms with Crippen LogP contribution < -0.4 is 15.2 Å². The van der Waals surface area contributed by atoms with Crippen molar-refractivity contribution in [2.75, 3.05) is 13.7 Å². The number of rotatable bonds is 5. The van der Waals surface area contributed by atoms with Gasteiger partial charge in [-0.2, -0.15) is 0 Å². The zero-order chi connectivity index (χ0) is 12.1. The van der Waals surface area contributed by atoms with Gasteiger partial charge in [-0.3, -0.25) is 0 Å². The standard InChI is InChI=1S/C12H16ClNO2/c1-8(13)7-16-11-5-4-10(9(2)14)6-12(11)15-3/h4-6,9H,1,7,14H2,2-3H3/t9-/m1/s1. The molecule has 1 atom stereocenters. The average molecular weight is 242 g/mol. The monoisotopic (exact) mass is 241 g/mol. The molecule has 0 spiro atoms. The van der Waals surface area contributed by atoms with E-state index in [-0.39, 0.29) is 12.6 Å². The first-order chi connectivity index (χ1) is 7.54. The van der Waals surface area contributed by atoms with Crippen LogP contribution >= 0.6 is 11.6 Å². The third-order valence-corrected chi connectivity index (χ3v) is 2.21. The second-order valence-electron chi connectivity index (χ2n) is 3.50. The summed E-state index contributed by atoms with van der Waals surface area (Å²) in [5, 5.41) is 0.443. The van der Waals surface area contributed by atoms with Crippen molar-refractivity contribution in [2.45, 2.75) is 13.0 Å². The molecule has 3 nitrogen and oxygen atoms in total. The van der Waals surface area contributed by atoms with Gasteiger partial charge in [0, 0.05) is 11.1 Å². The maximum atomic E-state index is 5.78. The van der Waals surface area contributed by atoms with Crippen molar-refractivity contribution in [1.29, 1.82) is 0 Å². The predicted molar refractivity (Wildman–Crippen MR) is 66.1 cm³/mol. The first-order valence-corrected chi connectivity index (χ1v) is 5.32. The molecule has 16 heavy (non-hydrogen) atoms. The molecule has 0 aliphatic heterocycles. The molecule has 0 aliphatic rings. The van der Waals surface area contributed by atoms with Crippen molar-refractivity contribution in [3.63, 3.8) is 0 Å². The molecule has 2 N–H and O–H groups in total. The fourth-order valence-electron chi connectivity index (χ4n) is 1.24. The number of methoxy groups -OCH3 is 1. The number of benzene rings is 1. The Kier molecular flexibility index (Phi) is 4.65. The van der Waals surface area contributed by atoms with E-state index in [0.717, 1.165) is 5.56 Å². The summed E-state index contributed by atoms with van der Waals surface area (Å²) in [5.41, 5.74) is 6.77. The topological polar surface area (TPSA) is 44.5 Å². The van der Waals surface area contributed by atoms with Crippen LogP contribution in [0.1, 0.15) is 18.5 Å². The Labute approximate surface area is 101 Å². The number of ether oxygens (including phenoxy) is 2. The molecule has 0 fully saturated rings. The molecule has 0 aromatic heterocycles. The van der Waals surface area contributed by atoms with Gasteiger partial charge in [0.25, 0.3) is 0 Å². The molecule has 0 amide bonds. The van der Waals surface area contributed by atoms with E-state index in [9.17, 15) is 0 Å². The summed E-state index contributed by atoms with van der Waals surface area (Å²) in [5.74, 6) is 1.28. The fourth-order valence-corrected chi connectivity index (χ4v) is 1.30. The number of nitrogens with two attached hydrogens (primary N) is 1. The van der Waals surface area contributed by atoms with Crippen molar-refractivity contribution < 1.29 is 9.47 Å². The third kappa shape index (κ3) is 3.43. The van der Waals surface area contributed by atoms with E-state index in [1.165, 1.54) is 0 Å². The molecule has 0 unspecified atom stereocenters. The minimum absolute atomic E-state index is 0.0362. The molecule has 1 aromatic carbocycles. The Morgan fingerprint density at radius 3 is 2.69 bits per heavy atom. The second kappa shape index (κ2) is 5.77. The summed E-state index contributed by atoms with van der Waals surface area (Å²) >= 11 is 5.62. The van der Waals surface area contributed by atoms with Gasteiger partial charge in [0.15, 0.2) is 11.5 Å². The number of hydrogen-bond donors (Lipinski definition) is 1. The highest BCUT2D eigenvalue weighted by Crippen LogP contribution is 2.30. The van der Waals surface area contributed by atoms with Crippen molar-refractivity contribution in [3.05, 3.63) is 35.4 Å². The highest BCUT2D eigenvalue weighted by molar-refractivity contribution is 6.29. The van der Waals surface area contributed by atoms with Crippen LogP contribution in [0.5, 0.6) is 11.5 Å². The van der Waals surface area contributed by atoms with Crippen LogP contribution in [-0.4, -0.2) is 13.7 Å². The summed E-state index contributed by atoms with van der Waals surface area (Å²) in [6, 6.07) is 5.54. The molecule has 0 heterocycles. The van der Waals surface area contributed by atoms with Crippen LogP contribution in [0.3, 0.4) is 0 Å². The lowest BCUT2D eigenvalue weighted by Crippen LogP contribution is -2.06. The normalized spacial score (nSPS) is 12.0. The molecule has 0 radical (unpaired) electrons. The van der Waals surface area contributed by atoms with E-state index in [1.807, 2.05) is 25.1 Å². The van der Waals surface area contributed by atoms with Crippen LogP contribution in [0.25, 0.3) is 0 Å². The van der Waals surface area contributed by atoms with Gasteiger partial charge in [0.1, 0.15) is 6.61 Å². The minimum atomic E-state index is -0.0362. The first-order valence-electron chi connectivity index (χ1n) is 4.94. The Morgan fingerprint density at radius 1 is 1.50 bits per heavy atom. The Hall–Kier alpha value is -1.19. The SMILES string of the molecule is C=C(Cl)COc1ccc([C@@H](C)N)cc1OC. The maximum Gasteiger partial charge on any atom is 0.161 e. The van der Waals surface area contributed by atoms with Crippen molar-refractivity contribution in [1.82, 2.24) is 0 Å². The van der Waals surface area contributed by atoms with Gasteiger partial charge < -0.3 is 15.2 Å². The van der Waals surface area contributed by atoms with Crippen LogP contribution in [0.4, 0.5) is 0 Å². The lowest BCUT2D eigenvalue weighted by atomic mass is 10.1. The van der Waals surface area contributed by atoms with Gasteiger partial charge in [-0.15, -0.1) is 0 Å². The van der Waals surface area contributed by atoms with Gasteiger partial charge in [0.05, 0.1) is 7.11 Å². The minimum Gasteiger partial charge on any atom is -0.493 e. The van der Waals surface area contributed by atoms with Crippen LogP contribution in [0.2, 0.25) is 0 Å². The molecule has 4 heteroatoms. The summed E-state index contributed by atoms with van der Waals surface area (Å²) in [6.45, 7) is 5.72. The van der Waals surface area contributed by atoms with Crippen molar-refractivity contribution in [3.8, 4) is 11.5 Å². The Morgan fingerprint density at radius 2 is 2.19 bits per heavy atom. The van der Waals surface area contributed by atoms with Crippen molar-refractivity contribution in [2.24, 2.45) is 5.73 Å². The van der Waals surface area contributed by atoms with Gasteiger partial charge in [0.2, 0.25) is 0 Å². The quantitative estimate of drug-likeness (QED) is 0.862. The zero-order valence-corrected chi connectivity index (χ0v) is 10.3. The summed E-state index contributed by atoms with van der Waals surface area (Å²) in [6.07, 6.45) is 0. The molecule has 88 valence electrons. The molecule has 1 rings (SSSR count). The van der Waals surface area contributed by atoms with Crippen LogP contribution in [0.15, 0.2) is 29.8 Å². The highest BCUT2D eigenvalue weighted by atomic mass is 35.5. The summed E-state index contributed by atoms with van der Waals surface area (Å²) < 4.78 is 10.6. The molecular weight excluding hydrogens is 226 g/mol. The smallest absolute Gasteiger partial charge is 0.161 e. The van der Waals surface area contributed by atoms with E-state index in [0.29, 0.717) is 16.5 Å². The Balaban J connectivity index is 2.88. The fraction of sp³-hybridized carbons (Fsp3) is 0.333. The van der Waals surface area contributed by atoms with Crippen molar-refractivity contribution >= 4 is 11.6 Å². The lowest BCUT2D eigenvalue weighted by Gasteiger charge is -2.13. The summed E-state index contributed by atoms with van der Waals surface area (Å²) in [4.78, 5) is 0. The molecule has 0 saturated heterocycles. The highest BCUT2D eigenvalue weighted by Gasteiger charge is 2.08. The van der Waals surface area contributed by atoms with E-state index in [1.54, 1.807) is 7.11 Å². The zero-order valence-electron chi connectivity index (χ0n) is 9.50. The summed E-state index contributed by atoms with van der Waals surface area (Å²) in [7, 11) is 1.59. The largest absolute Gasteiger partial charge is 0.493 e. The van der Waals surface area contributed by atoms with Crippen LogP contribution in [0, 0.1) is 0 Å². The lowest BCUT2D eigenvalue weighted by molar-refractivity contribution is 0.323. The third-order valence-electron chi connectivity index (χ3n) is 2.10. The molecule has 0 bridgehead atoms.